The van der Waals surface area contributed by atoms with Crippen LogP contribution < -0.4 is 0 Å². The molecule has 1 heterocycles. The van der Waals surface area contributed by atoms with Gasteiger partial charge >= 0.3 is 5.97 Å². The summed E-state index contributed by atoms with van der Waals surface area (Å²) < 4.78 is 5.28. The molecule has 20 heavy (non-hydrogen) atoms. The van der Waals surface area contributed by atoms with Crippen molar-refractivity contribution in [3.8, 4) is 0 Å². The van der Waals surface area contributed by atoms with Gasteiger partial charge < -0.3 is 4.74 Å². The molecule has 0 aliphatic carbocycles. The van der Waals surface area contributed by atoms with Crippen molar-refractivity contribution in [2.24, 2.45) is 5.92 Å². The van der Waals surface area contributed by atoms with Gasteiger partial charge in [0.1, 0.15) is 0 Å². The Morgan fingerprint density at radius 3 is 1.95 bits per heavy atom. The quantitative estimate of drug-likeness (QED) is 0.290. The molecule has 0 aromatic rings. The molecule has 0 fully saturated rings. The molecule has 0 aromatic heterocycles. The number of methoxy groups -OCH3 is 1. The molecular formula is C14H28BrO2PSi2. The highest BCUT2D eigenvalue weighted by atomic mass is 79.9. The molecule has 1 aliphatic rings. The molecule has 0 aromatic carbocycles. The average molecular weight is 395 g/mol. The van der Waals surface area contributed by atoms with Crippen molar-refractivity contribution in [1.82, 2.24) is 0 Å². The molecule has 116 valence electrons. The fraction of sp³-hybridized carbons (Fsp3) is 0.786. The summed E-state index contributed by atoms with van der Waals surface area (Å²) in [5.41, 5.74) is 0.518. The zero-order valence-corrected chi connectivity index (χ0v) is 18.4. The first-order chi connectivity index (χ1) is 8.91. The number of halogens is 1. The van der Waals surface area contributed by atoms with Gasteiger partial charge in [0.2, 0.25) is 0 Å². The number of carbonyl (C=O) groups excluding carboxylic acids is 1. The summed E-state index contributed by atoms with van der Waals surface area (Å²) in [5.74, 6) is -0.127. The molecule has 0 amide bonds. The lowest BCUT2D eigenvalue weighted by Gasteiger charge is -2.59. The second-order valence-corrected chi connectivity index (χ2v) is 24.1. The van der Waals surface area contributed by atoms with Crippen molar-refractivity contribution in [3.63, 3.8) is 0 Å². The van der Waals surface area contributed by atoms with Crippen LogP contribution in [0.2, 0.25) is 39.3 Å². The van der Waals surface area contributed by atoms with Crippen LogP contribution in [0.15, 0.2) is 12.2 Å². The van der Waals surface area contributed by atoms with Crippen LogP contribution in [0.1, 0.15) is 6.92 Å². The largest absolute Gasteiger partial charge is 0.469 e. The normalized spacial score (nSPS) is 30.1. The first kappa shape index (κ1) is 18.6. The lowest BCUT2D eigenvalue weighted by Crippen LogP contribution is -2.70. The summed E-state index contributed by atoms with van der Waals surface area (Å²) >= 11 is 4.06. The Hall–Kier alpha value is 0.554. The second kappa shape index (κ2) is 5.98. The molecule has 1 rings (SSSR count). The standard InChI is InChI=1S/C14H28BrO2PSi2/c1-11-9-10-12(13(16)17-2)14(18(11)15,19(3,4)5)20(6,7)8/h9-12H,1-8H3. The minimum atomic E-state index is -1.60. The molecule has 1 aliphatic heterocycles. The van der Waals surface area contributed by atoms with Crippen LogP contribution in [-0.4, -0.2) is 39.3 Å². The number of ether oxygens (including phenoxy) is 1. The van der Waals surface area contributed by atoms with E-state index in [0.717, 1.165) is 0 Å². The Morgan fingerprint density at radius 1 is 1.15 bits per heavy atom. The Bertz CT molecular complexity index is 398. The van der Waals surface area contributed by atoms with Crippen molar-refractivity contribution in [3.05, 3.63) is 12.2 Å². The third-order valence-corrected chi connectivity index (χ3v) is 27.1. The van der Waals surface area contributed by atoms with E-state index in [0.29, 0.717) is 5.66 Å². The summed E-state index contributed by atoms with van der Waals surface area (Å²) in [4.78, 5) is 12.5. The highest BCUT2D eigenvalue weighted by Gasteiger charge is 2.64. The first-order valence-electron chi connectivity index (χ1n) is 7.12. The third-order valence-electron chi connectivity index (χ3n) is 4.47. The number of hydrogen-bond donors (Lipinski definition) is 0. The Balaban J connectivity index is 3.64. The van der Waals surface area contributed by atoms with E-state index in [1.54, 1.807) is 0 Å². The maximum absolute atomic E-state index is 12.5. The molecule has 3 unspecified atom stereocenters. The summed E-state index contributed by atoms with van der Waals surface area (Å²) in [6, 6.07) is 0. The zero-order chi connectivity index (χ0) is 15.9. The van der Waals surface area contributed by atoms with Gasteiger partial charge in [-0.15, -0.1) is 0 Å². The summed E-state index contributed by atoms with van der Waals surface area (Å²) in [5, 5.41) is 0. The van der Waals surface area contributed by atoms with Crippen LogP contribution in [0, 0.1) is 5.92 Å². The predicted molar refractivity (Wildman–Crippen MR) is 99.4 cm³/mol. The van der Waals surface area contributed by atoms with Crippen LogP contribution in [0.3, 0.4) is 0 Å². The SMILES string of the molecule is COC(=O)C1C=CC(C)P(Br)C1([Si](C)(C)C)[Si](C)(C)C. The van der Waals surface area contributed by atoms with E-state index >= 15 is 0 Å². The Morgan fingerprint density at radius 2 is 1.60 bits per heavy atom. The molecule has 0 spiro atoms. The van der Waals surface area contributed by atoms with E-state index in [9.17, 15) is 4.79 Å². The minimum Gasteiger partial charge on any atom is -0.469 e. The summed E-state index contributed by atoms with van der Waals surface area (Å²) in [6.45, 7) is 16.4. The van der Waals surface area contributed by atoms with Crippen LogP contribution in [0.5, 0.6) is 0 Å². The molecule has 0 saturated heterocycles. The summed E-state index contributed by atoms with van der Waals surface area (Å²) in [7, 11) is -1.68. The number of hydrogen-bond acceptors (Lipinski definition) is 2. The molecule has 6 heteroatoms. The van der Waals surface area contributed by atoms with Crippen molar-refractivity contribution in [1.29, 1.82) is 0 Å². The minimum absolute atomic E-state index is 0.0510. The van der Waals surface area contributed by atoms with E-state index in [4.69, 9.17) is 4.74 Å². The smallest absolute Gasteiger partial charge is 0.312 e. The fourth-order valence-electron chi connectivity index (χ4n) is 4.02. The van der Waals surface area contributed by atoms with Gasteiger partial charge in [0.15, 0.2) is 0 Å². The Labute approximate surface area is 135 Å². The first-order valence-corrected chi connectivity index (χ1v) is 17.6. The van der Waals surface area contributed by atoms with Crippen LogP contribution >= 0.6 is 22.1 Å². The molecule has 0 bridgehead atoms. The molecule has 0 N–H and O–H groups in total. The second-order valence-electron chi connectivity index (χ2n) is 7.70. The highest BCUT2D eigenvalue weighted by molar-refractivity contribution is 9.39. The van der Waals surface area contributed by atoms with Gasteiger partial charge in [0.05, 0.1) is 29.2 Å². The van der Waals surface area contributed by atoms with Gasteiger partial charge in [0, 0.05) is 10.1 Å². The van der Waals surface area contributed by atoms with Crippen LogP contribution in [-0.2, 0) is 9.53 Å². The van der Waals surface area contributed by atoms with Gasteiger partial charge in [-0.25, -0.2) is 0 Å². The van der Waals surface area contributed by atoms with Crippen LogP contribution in [0.4, 0.5) is 0 Å². The van der Waals surface area contributed by atoms with E-state index in [1.807, 2.05) is 0 Å². The summed E-state index contributed by atoms with van der Waals surface area (Å²) in [6.07, 6.45) is 4.35. The van der Waals surface area contributed by atoms with E-state index in [2.05, 4.69) is 73.8 Å². The predicted octanol–water partition coefficient (Wildman–Crippen LogP) is 5.02. The van der Waals surface area contributed by atoms with E-state index in [1.165, 1.54) is 7.11 Å². The molecular weight excluding hydrogens is 367 g/mol. The lowest BCUT2D eigenvalue weighted by atomic mass is 10.1. The van der Waals surface area contributed by atoms with Gasteiger partial charge in [-0.1, -0.05) is 73.8 Å². The third kappa shape index (κ3) is 2.76. The van der Waals surface area contributed by atoms with Gasteiger partial charge in [-0.05, 0) is 6.62 Å². The number of esters is 1. The molecule has 0 saturated carbocycles. The maximum atomic E-state index is 12.5. The highest BCUT2D eigenvalue weighted by Crippen LogP contribution is 2.71. The molecule has 0 radical (unpaired) electrons. The fourth-order valence-corrected chi connectivity index (χ4v) is 33.7. The van der Waals surface area contributed by atoms with E-state index < -0.39 is 22.8 Å². The topological polar surface area (TPSA) is 26.3 Å². The number of carbonyl (C=O) groups is 1. The van der Waals surface area contributed by atoms with Crippen molar-refractivity contribution >= 4 is 44.2 Å². The molecule has 3 atom stereocenters. The monoisotopic (exact) mass is 394 g/mol. The van der Waals surface area contributed by atoms with Crippen molar-refractivity contribution in [2.45, 2.75) is 56.3 Å². The van der Waals surface area contributed by atoms with Crippen LogP contribution in [0.25, 0.3) is 0 Å². The van der Waals surface area contributed by atoms with Gasteiger partial charge in [-0.3, -0.25) is 4.79 Å². The molecule has 2 nitrogen and oxygen atoms in total. The zero-order valence-electron chi connectivity index (χ0n) is 14.0. The maximum Gasteiger partial charge on any atom is 0.312 e. The lowest BCUT2D eigenvalue weighted by molar-refractivity contribution is -0.143. The number of allylic oxidation sites excluding steroid dienone is 1. The van der Waals surface area contributed by atoms with Crippen molar-refractivity contribution < 1.29 is 9.53 Å². The Kier molecular flexibility index (Phi) is 5.56. The van der Waals surface area contributed by atoms with E-state index in [-0.39, 0.29) is 16.3 Å². The van der Waals surface area contributed by atoms with Gasteiger partial charge in [0.25, 0.3) is 0 Å². The van der Waals surface area contributed by atoms with Gasteiger partial charge in [-0.2, -0.15) is 0 Å². The number of rotatable bonds is 3. The average Bonchev–Trinajstić information content (AvgIpc) is 2.28. The van der Waals surface area contributed by atoms with Crippen molar-refractivity contribution in [2.75, 3.05) is 7.11 Å².